The molecule has 0 radical (unpaired) electrons. The SMILES string of the molecule is O=C(O)CCCOCCOCCOCCOCCO. The standard InChI is InChI=1S/C12H24O7/c13-3-5-17-7-9-19-11-10-18-8-6-16-4-1-2-12(14)15/h13H,1-11H2,(H,14,15). The van der Waals surface area contributed by atoms with Gasteiger partial charge in [0.25, 0.3) is 0 Å². The summed E-state index contributed by atoms with van der Waals surface area (Å²) in [5.41, 5.74) is 0. The zero-order valence-corrected chi connectivity index (χ0v) is 11.2. The van der Waals surface area contributed by atoms with Crippen LogP contribution in [0.15, 0.2) is 0 Å². The lowest BCUT2D eigenvalue weighted by Crippen LogP contribution is -2.12. The number of hydrogen-bond acceptors (Lipinski definition) is 6. The normalized spacial score (nSPS) is 10.8. The molecule has 0 aliphatic heterocycles. The third-order valence-electron chi connectivity index (χ3n) is 2.03. The van der Waals surface area contributed by atoms with E-state index in [4.69, 9.17) is 29.2 Å². The molecule has 0 aliphatic rings. The van der Waals surface area contributed by atoms with Gasteiger partial charge in [0, 0.05) is 13.0 Å². The van der Waals surface area contributed by atoms with Gasteiger partial charge in [0.2, 0.25) is 0 Å². The highest BCUT2D eigenvalue weighted by atomic mass is 16.6. The highest BCUT2D eigenvalue weighted by Gasteiger charge is 1.96. The number of hydrogen-bond donors (Lipinski definition) is 2. The maximum Gasteiger partial charge on any atom is 0.303 e. The maximum absolute atomic E-state index is 10.2. The minimum absolute atomic E-state index is 0.0234. The summed E-state index contributed by atoms with van der Waals surface area (Å²) in [6.45, 7) is 3.64. The Labute approximate surface area is 113 Å². The molecule has 0 saturated heterocycles. The second-order valence-corrected chi connectivity index (χ2v) is 3.67. The number of carboxylic acid groups (broad SMARTS) is 1. The van der Waals surface area contributed by atoms with Crippen molar-refractivity contribution in [2.24, 2.45) is 0 Å². The summed E-state index contributed by atoms with van der Waals surface area (Å²) in [5, 5.41) is 16.8. The number of aliphatic carboxylic acids is 1. The lowest BCUT2D eigenvalue weighted by atomic mass is 10.3. The zero-order valence-electron chi connectivity index (χ0n) is 11.2. The fourth-order valence-corrected chi connectivity index (χ4v) is 1.15. The summed E-state index contributed by atoms with van der Waals surface area (Å²) < 4.78 is 20.6. The predicted octanol–water partition coefficient (Wildman–Crippen LogP) is -0.0901. The first-order valence-corrected chi connectivity index (χ1v) is 6.41. The van der Waals surface area contributed by atoms with E-state index in [2.05, 4.69) is 0 Å². The molecule has 114 valence electrons. The van der Waals surface area contributed by atoms with Gasteiger partial charge in [0.05, 0.1) is 52.9 Å². The largest absolute Gasteiger partial charge is 0.481 e. The molecule has 0 bridgehead atoms. The quantitative estimate of drug-likeness (QED) is 0.405. The van der Waals surface area contributed by atoms with E-state index in [1.54, 1.807) is 0 Å². The molecule has 0 atom stereocenters. The van der Waals surface area contributed by atoms with Gasteiger partial charge >= 0.3 is 5.97 Å². The molecule has 0 saturated carbocycles. The van der Waals surface area contributed by atoms with Crippen molar-refractivity contribution in [2.45, 2.75) is 12.8 Å². The van der Waals surface area contributed by atoms with Crippen LogP contribution in [0.4, 0.5) is 0 Å². The number of rotatable bonds is 15. The van der Waals surface area contributed by atoms with Crippen molar-refractivity contribution < 1.29 is 34.0 Å². The molecule has 0 fully saturated rings. The number of aliphatic hydroxyl groups excluding tert-OH is 1. The van der Waals surface area contributed by atoms with Crippen LogP contribution in [0, 0.1) is 0 Å². The number of aliphatic hydroxyl groups is 1. The molecule has 0 aliphatic carbocycles. The average Bonchev–Trinajstić information content (AvgIpc) is 2.39. The van der Waals surface area contributed by atoms with Gasteiger partial charge in [-0.3, -0.25) is 4.79 Å². The second kappa shape index (κ2) is 15.3. The van der Waals surface area contributed by atoms with Crippen molar-refractivity contribution >= 4 is 5.97 Å². The van der Waals surface area contributed by atoms with Crippen LogP contribution >= 0.6 is 0 Å². The highest BCUT2D eigenvalue weighted by Crippen LogP contribution is 1.90. The van der Waals surface area contributed by atoms with Crippen LogP contribution in [0.2, 0.25) is 0 Å². The van der Waals surface area contributed by atoms with E-state index in [1.165, 1.54) is 0 Å². The van der Waals surface area contributed by atoms with Gasteiger partial charge in [-0.2, -0.15) is 0 Å². The van der Waals surface area contributed by atoms with E-state index in [1.807, 2.05) is 0 Å². The highest BCUT2D eigenvalue weighted by molar-refractivity contribution is 5.66. The average molecular weight is 280 g/mol. The van der Waals surface area contributed by atoms with Crippen molar-refractivity contribution in [3.05, 3.63) is 0 Å². The Morgan fingerprint density at radius 2 is 1.16 bits per heavy atom. The van der Waals surface area contributed by atoms with E-state index >= 15 is 0 Å². The van der Waals surface area contributed by atoms with Gasteiger partial charge in [-0.15, -0.1) is 0 Å². The summed E-state index contributed by atoms with van der Waals surface area (Å²) in [6.07, 6.45) is 0.652. The molecule has 2 N–H and O–H groups in total. The molecule has 0 rings (SSSR count). The van der Waals surface area contributed by atoms with Crippen LogP contribution in [0.3, 0.4) is 0 Å². The van der Waals surface area contributed by atoms with E-state index in [0.29, 0.717) is 59.3 Å². The molecule has 0 aromatic rings. The molecule has 0 aromatic carbocycles. The first kappa shape index (κ1) is 18.3. The van der Waals surface area contributed by atoms with Crippen molar-refractivity contribution in [1.29, 1.82) is 0 Å². The predicted molar refractivity (Wildman–Crippen MR) is 67.2 cm³/mol. The van der Waals surface area contributed by atoms with Crippen LogP contribution in [0.25, 0.3) is 0 Å². The molecule has 0 amide bonds. The van der Waals surface area contributed by atoms with Crippen molar-refractivity contribution in [2.75, 3.05) is 59.5 Å². The molecule has 19 heavy (non-hydrogen) atoms. The molecule has 0 unspecified atom stereocenters. The van der Waals surface area contributed by atoms with Gasteiger partial charge < -0.3 is 29.2 Å². The molecule has 0 heterocycles. The van der Waals surface area contributed by atoms with Crippen molar-refractivity contribution in [1.82, 2.24) is 0 Å². The van der Waals surface area contributed by atoms with Crippen LogP contribution < -0.4 is 0 Å². The monoisotopic (exact) mass is 280 g/mol. The molecule has 7 heteroatoms. The second-order valence-electron chi connectivity index (χ2n) is 3.67. The topological polar surface area (TPSA) is 94.5 Å². The van der Waals surface area contributed by atoms with E-state index in [-0.39, 0.29) is 13.0 Å². The fourth-order valence-electron chi connectivity index (χ4n) is 1.15. The molecule has 0 aromatic heterocycles. The fraction of sp³-hybridized carbons (Fsp3) is 0.917. The first-order chi connectivity index (χ1) is 9.27. The van der Waals surface area contributed by atoms with Gasteiger partial charge in [-0.05, 0) is 6.42 Å². The van der Waals surface area contributed by atoms with E-state index < -0.39 is 5.97 Å². The molecule has 7 nitrogen and oxygen atoms in total. The Hall–Kier alpha value is -0.730. The third kappa shape index (κ3) is 17.3. The lowest BCUT2D eigenvalue weighted by molar-refractivity contribution is -0.137. The van der Waals surface area contributed by atoms with Gasteiger partial charge in [-0.25, -0.2) is 0 Å². The Kier molecular flexibility index (Phi) is 14.7. The third-order valence-corrected chi connectivity index (χ3v) is 2.03. The van der Waals surface area contributed by atoms with Gasteiger partial charge in [-0.1, -0.05) is 0 Å². The number of carboxylic acids is 1. The number of ether oxygens (including phenoxy) is 4. The summed E-state index contributed by atoms with van der Waals surface area (Å²) in [4.78, 5) is 10.2. The lowest BCUT2D eigenvalue weighted by Gasteiger charge is -2.06. The van der Waals surface area contributed by atoms with Gasteiger partial charge in [0.15, 0.2) is 0 Å². The van der Waals surface area contributed by atoms with Crippen LogP contribution in [-0.4, -0.2) is 75.6 Å². The van der Waals surface area contributed by atoms with E-state index in [9.17, 15) is 4.79 Å². The Bertz CT molecular complexity index is 199. The Balaban J connectivity index is 2.93. The van der Waals surface area contributed by atoms with Crippen LogP contribution in [0.5, 0.6) is 0 Å². The Morgan fingerprint density at radius 1 is 0.737 bits per heavy atom. The molecular formula is C12H24O7. The van der Waals surface area contributed by atoms with Crippen LogP contribution in [0.1, 0.15) is 12.8 Å². The summed E-state index contributed by atoms with van der Waals surface area (Å²) in [6, 6.07) is 0. The summed E-state index contributed by atoms with van der Waals surface area (Å²) in [5.74, 6) is -0.806. The Morgan fingerprint density at radius 3 is 1.58 bits per heavy atom. The zero-order chi connectivity index (χ0) is 14.2. The van der Waals surface area contributed by atoms with Crippen LogP contribution in [-0.2, 0) is 23.7 Å². The first-order valence-electron chi connectivity index (χ1n) is 6.41. The molecular weight excluding hydrogens is 256 g/mol. The summed E-state index contributed by atoms with van der Waals surface area (Å²) >= 11 is 0. The van der Waals surface area contributed by atoms with E-state index in [0.717, 1.165) is 0 Å². The van der Waals surface area contributed by atoms with Crippen molar-refractivity contribution in [3.8, 4) is 0 Å². The smallest absolute Gasteiger partial charge is 0.303 e. The maximum atomic E-state index is 10.2. The number of carbonyl (C=O) groups is 1. The molecule has 0 spiro atoms. The minimum Gasteiger partial charge on any atom is -0.481 e. The minimum atomic E-state index is -0.806. The van der Waals surface area contributed by atoms with Crippen molar-refractivity contribution in [3.63, 3.8) is 0 Å². The summed E-state index contributed by atoms with van der Waals surface area (Å²) in [7, 11) is 0. The van der Waals surface area contributed by atoms with Gasteiger partial charge in [0.1, 0.15) is 0 Å².